The first-order valence-electron chi connectivity index (χ1n) is 9.45. The first-order valence-corrected chi connectivity index (χ1v) is 9.45. The maximum absolute atomic E-state index is 14.8. The molecular weight excluding hydrogens is 357 g/mol. The second kappa shape index (κ2) is 7.52. The Morgan fingerprint density at radius 1 is 1.39 bits per heavy atom. The van der Waals surface area contributed by atoms with Gasteiger partial charge in [0.25, 0.3) is 0 Å². The molecule has 1 fully saturated rings. The highest BCUT2D eigenvalue weighted by Gasteiger charge is 2.26. The molecule has 7 nitrogen and oxygen atoms in total. The number of pyridine rings is 2. The lowest BCUT2D eigenvalue weighted by atomic mass is 10.0. The van der Waals surface area contributed by atoms with Gasteiger partial charge < -0.3 is 10.2 Å². The van der Waals surface area contributed by atoms with Crippen LogP contribution >= 0.6 is 0 Å². The molecule has 8 heteroatoms. The van der Waals surface area contributed by atoms with Gasteiger partial charge in [-0.2, -0.15) is 10.4 Å². The Bertz CT molecular complexity index is 1040. The summed E-state index contributed by atoms with van der Waals surface area (Å²) in [6, 6.07) is 7.24. The van der Waals surface area contributed by atoms with Crippen molar-refractivity contribution in [3.05, 3.63) is 35.8 Å². The van der Waals surface area contributed by atoms with Crippen LogP contribution in [0.25, 0.3) is 22.4 Å². The van der Waals surface area contributed by atoms with Crippen molar-refractivity contribution in [2.24, 2.45) is 5.92 Å². The fourth-order valence-electron chi connectivity index (χ4n) is 3.75. The van der Waals surface area contributed by atoms with Crippen LogP contribution in [0, 0.1) is 23.1 Å². The third-order valence-electron chi connectivity index (χ3n) is 4.95. The Labute approximate surface area is 162 Å². The number of nitrogens with zero attached hydrogens (tertiary/aromatic N) is 5. The van der Waals surface area contributed by atoms with Crippen molar-refractivity contribution in [2.75, 3.05) is 24.5 Å². The normalized spacial score (nSPS) is 17.2. The van der Waals surface area contributed by atoms with E-state index in [4.69, 9.17) is 0 Å². The Kier molecular flexibility index (Phi) is 4.92. The summed E-state index contributed by atoms with van der Waals surface area (Å²) in [5.41, 5.74) is 1.65. The molecule has 144 valence electrons. The van der Waals surface area contributed by atoms with Crippen LogP contribution in [0.5, 0.6) is 0 Å². The van der Waals surface area contributed by atoms with Gasteiger partial charge in [0.1, 0.15) is 17.5 Å². The van der Waals surface area contributed by atoms with Crippen molar-refractivity contribution >= 4 is 16.9 Å². The van der Waals surface area contributed by atoms with Gasteiger partial charge in [-0.25, -0.2) is 14.4 Å². The summed E-state index contributed by atoms with van der Waals surface area (Å²) in [4.78, 5) is 10.7. The number of hydrogen-bond donors (Lipinski definition) is 2. The number of aromatic amines is 1. The fourth-order valence-corrected chi connectivity index (χ4v) is 3.75. The van der Waals surface area contributed by atoms with E-state index in [-0.39, 0.29) is 17.4 Å². The van der Waals surface area contributed by atoms with E-state index in [0.29, 0.717) is 36.0 Å². The molecule has 0 aliphatic carbocycles. The first-order chi connectivity index (χ1) is 13.6. The van der Waals surface area contributed by atoms with Crippen molar-refractivity contribution in [2.45, 2.75) is 26.3 Å². The topological polar surface area (TPSA) is 93.5 Å². The van der Waals surface area contributed by atoms with Crippen LogP contribution in [0.3, 0.4) is 0 Å². The zero-order valence-electron chi connectivity index (χ0n) is 15.9. The number of hydrogen-bond acceptors (Lipinski definition) is 6. The molecule has 3 aromatic heterocycles. The van der Waals surface area contributed by atoms with Gasteiger partial charge in [-0.15, -0.1) is 0 Å². The highest BCUT2D eigenvalue weighted by molar-refractivity contribution is 5.91. The molecule has 2 N–H and O–H groups in total. The van der Waals surface area contributed by atoms with Crippen molar-refractivity contribution in [3.63, 3.8) is 0 Å². The average molecular weight is 379 g/mol. The predicted octanol–water partition coefficient (Wildman–Crippen LogP) is 2.85. The number of nitrogens with one attached hydrogen (secondary N) is 2. The Morgan fingerprint density at radius 3 is 3.04 bits per heavy atom. The molecule has 0 amide bonds. The average Bonchev–Trinajstić information content (AvgIpc) is 3.11. The molecule has 1 atom stereocenters. The van der Waals surface area contributed by atoms with E-state index in [2.05, 4.69) is 39.3 Å². The zero-order chi connectivity index (χ0) is 19.7. The highest BCUT2D eigenvalue weighted by atomic mass is 19.1. The van der Waals surface area contributed by atoms with E-state index in [9.17, 15) is 9.65 Å². The molecule has 28 heavy (non-hydrogen) atoms. The summed E-state index contributed by atoms with van der Waals surface area (Å²) in [5, 5.41) is 20.9. The first kappa shape index (κ1) is 18.3. The zero-order valence-corrected chi connectivity index (χ0v) is 15.9. The smallest absolute Gasteiger partial charge is 0.167 e. The maximum Gasteiger partial charge on any atom is 0.167 e. The monoisotopic (exact) mass is 379 g/mol. The lowest BCUT2D eigenvalue weighted by molar-refractivity contribution is 0.385. The van der Waals surface area contributed by atoms with Crippen molar-refractivity contribution in [3.8, 4) is 17.5 Å². The minimum Gasteiger partial charge on any atom is -0.351 e. The Morgan fingerprint density at radius 2 is 2.25 bits per heavy atom. The van der Waals surface area contributed by atoms with E-state index < -0.39 is 5.82 Å². The molecule has 0 spiro atoms. The lowest BCUT2D eigenvalue weighted by Gasteiger charge is -2.35. The summed E-state index contributed by atoms with van der Waals surface area (Å²) >= 11 is 0. The molecule has 4 rings (SSSR count). The van der Waals surface area contributed by atoms with Crippen LogP contribution in [-0.4, -0.2) is 45.8 Å². The molecule has 0 aromatic carbocycles. The highest BCUT2D eigenvalue weighted by Crippen LogP contribution is 2.30. The van der Waals surface area contributed by atoms with E-state index in [1.807, 2.05) is 17.0 Å². The van der Waals surface area contributed by atoms with Gasteiger partial charge in [0.15, 0.2) is 17.3 Å². The third kappa shape index (κ3) is 3.41. The molecule has 0 radical (unpaired) electrons. The van der Waals surface area contributed by atoms with Gasteiger partial charge in [0.2, 0.25) is 0 Å². The fraction of sp³-hybridized carbons (Fsp3) is 0.400. The van der Waals surface area contributed by atoms with Crippen molar-refractivity contribution < 1.29 is 4.39 Å². The molecule has 1 aliphatic heterocycles. The molecule has 0 bridgehead atoms. The number of H-pyrrole nitrogens is 1. The van der Waals surface area contributed by atoms with Crippen LogP contribution < -0.4 is 10.2 Å². The van der Waals surface area contributed by atoms with E-state index in [1.165, 1.54) is 6.07 Å². The largest absolute Gasteiger partial charge is 0.351 e. The summed E-state index contributed by atoms with van der Waals surface area (Å²) in [7, 11) is 0. The molecule has 4 heterocycles. The number of nitriles is 1. The van der Waals surface area contributed by atoms with Gasteiger partial charge in [0.05, 0.1) is 5.56 Å². The number of rotatable bonds is 4. The molecule has 1 aliphatic rings. The standard InChI is InChI=1S/C20H22FN7/c1-12(2)8-14-11-28(7-6-23-14)20-16(21)9-13(10-22)17(25-20)18-15-4-3-5-24-19(15)27-26-18/h3-5,9,12,14,23H,6-8,11H2,1-2H3,(H,24,26,27). The van der Waals surface area contributed by atoms with E-state index in [1.54, 1.807) is 12.3 Å². The summed E-state index contributed by atoms with van der Waals surface area (Å²) in [5.74, 6) is 0.336. The molecular formula is C20H22FN7. The van der Waals surface area contributed by atoms with Crippen LogP contribution in [0.15, 0.2) is 24.4 Å². The van der Waals surface area contributed by atoms with Crippen LogP contribution in [0.4, 0.5) is 10.2 Å². The Hall–Kier alpha value is -3.05. The molecule has 3 aromatic rings. The van der Waals surface area contributed by atoms with Gasteiger partial charge in [0, 0.05) is 37.3 Å². The summed E-state index contributed by atoms with van der Waals surface area (Å²) in [6.45, 7) is 6.46. The number of aromatic nitrogens is 4. The number of halogens is 1. The quantitative estimate of drug-likeness (QED) is 0.724. The van der Waals surface area contributed by atoms with Crippen LogP contribution in [-0.2, 0) is 0 Å². The van der Waals surface area contributed by atoms with E-state index in [0.717, 1.165) is 18.4 Å². The third-order valence-corrected chi connectivity index (χ3v) is 4.95. The Balaban J connectivity index is 1.76. The number of fused-ring (bicyclic) bond motifs is 1. The second-order valence-corrected chi connectivity index (χ2v) is 7.50. The van der Waals surface area contributed by atoms with Gasteiger partial charge >= 0.3 is 0 Å². The van der Waals surface area contributed by atoms with Crippen LogP contribution in [0.1, 0.15) is 25.8 Å². The van der Waals surface area contributed by atoms with Gasteiger partial charge in [-0.05, 0) is 30.5 Å². The van der Waals surface area contributed by atoms with Crippen molar-refractivity contribution in [1.82, 2.24) is 25.5 Å². The minimum atomic E-state index is -0.483. The number of anilines is 1. The van der Waals surface area contributed by atoms with Gasteiger partial charge in [-0.1, -0.05) is 13.8 Å². The lowest BCUT2D eigenvalue weighted by Crippen LogP contribution is -2.51. The summed E-state index contributed by atoms with van der Waals surface area (Å²) < 4.78 is 14.8. The van der Waals surface area contributed by atoms with Gasteiger partial charge in [-0.3, -0.25) is 5.10 Å². The number of piperazine rings is 1. The SMILES string of the molecule is CC(C)CC1CN(c2nc(-c3n[nH]c4ncccc34)c(C#N)cc2F)CCN1. The maximum atomic E-state index is 14.8. The van der Waals surface area contributed by atoms with E-state index >= 15 is 0 Å². The van der Waals surface area contributed by atoms with Crippen molar-refractivity contribution in [1.29, 1.82) is 5.26 Å². The molecule has 1 unspecified atom stereocenters. The minimum absolute atomic E-state index is 0.160. The molecule has 1 saturated heterocycles. The summed E-state index contributed by atoms with van der Waals surface area (Å²) in [6.07, 6.45) is 2.67. The second-order valence-electron chi connectivity index (χ2n) is 7.50. The van der Waals surface area contributed by atoms with Crippen LogP contribution in [0.2, 0.25) is 0 Å². The molecule has 0 saturated carbocycles. The predicted molar refractivity (Wildman–Crippen MR) is 105 cm³/mol.